The summed E-state index contributed by atoms with van der Waals surface area (Å²) in [7, 11) is 0. The van der Waals surface area contributed by atoms with Crippen LogP contribution in [0.5, 0.6) is 11.5 Å². The van der Waals surface area contributed by atoms with Crippen LogP contribution in [-0.2, 0) is 11.4 Å². The van der Waals surface area contributed by atoms with Crippen molar-refractivity contribution in [2.24, 2.45) is 0 Å². The maximum atomic E-state index is 12.7. The zero-order valence-corrected chi connectivity index (χ0v) is 17.1. The largest absolute Gasteiger partial charge is 0.508 e. The first kappa shape index (κ1) is 19.8. The molecular formula is C24H19NO4S. The first-order chi connectivity index (χ1) is 14.5. The topological polar surface area (TPSA) is 66.8 Å². The number of phenols is 1. The van der Waals surface area contributed by atoms with E-state index in [-0.39, 0.29) is 5.75 Å². The zero-order chi connectivity index (χ0) is 21.1. The monoisotopic (exact) mass is 417 g/mol. The van der Waals surface area contributed by atoms with Gasteiger partial charge in [0.2, 0.25) is 0 Å². The van der Waals surface area contributed by atoms with E-state index in [0.29, 0.717) is 17.2 Å². The summed E-state index contributed by atoms with van der Waals surface area (Å²) in [6.45, 7) is 2.52. The first-order valence-corrected chi connectivity index (χ1v) is 10.2. The van der Waals surface area contributed by atoms with Crippen LogP contribution in [0.4, 0.5) is 10.5 Å². The van der Waals surface area contributed by atoms with Gasteiger partial charge in [-0.15, -0.1) is 0 Å². The summed E-state index contributed by atoms with van der Waals surface area (Å²) in [5, 5.41) is 9.23. The number of aryl methyl sites for hydroxylation is 1. The van der Waals surface area contributed by atoms with Gasteiger partial charge in [0, 0.05) is 6.07 Å². The van der Waals surface area contributed by atoms with Crippen molar-refractivity contribution < 1.29 is 19.4 Å². The number of imide groups is 1. The molecule has 1 aliphatic heterocycles. The lowest BCUT2D eigenvalue weighted by molar-refractivity contribution is -0.113. The van der Waals surface area contributed by atoms with Gasteiger partial charge in [-0.2, -0.15) is 0 Å². The lowest BCUT2D eigenvalue weighted by Crippen LogP contribution is -2.27. The molecule has 5 nitrogen and oxygen atoms in total. The van der Waals surface area contributed by atoms with E-state index in [1.54, 1.807) is 18.2 Å². The van der Waals surface area contributed by atoms with Crippen molar-refractivity contribution in [3.63, 3.8) is 0 Å². The standard InChI is InChI=1S/C24H19NO4S/c1-16-5-7-18(8-6-16)15-29-21-11-9-17(10-12-21)13-22-23(27)25(24(28)30-22)19-3-2-4-20(26)14-19/h2-14,26H,15H2,1H3/b22-13-. The Bertz CT molecular complexity index is 1120. The molecule has 30 heavy (non-hydrogen) atoms. The minimum absolute atomic E-state index is 0.00300. The average Bonchev–Trinajstić information content (AvgIpc) is 3.01. The molecule has 0 unspecified atom stereocenters. The second kappa shape index (κ2) is 8.47. The summed E-state index contributed by atoms with van der Waals surface area (Å²) in [5.41, 5.74) is 3.43. The minimum atomic E-state index is -0.407. The fraction of sp³-hybridized carbons (Fsp3) is 0.0833. The lowest BCUT2D eigenvalue weighted by atomic mass is 10.1. The fourth-order valence-corrected chi connectivity index (χ4v) is 3.83. The van der Waals surface area contributed by atoms with E-state index in [4.69, 9.17) is 4.74 Å². The van der Waals surface area contributed by atoms with Crippen molar-refractivity contribution in [2.75, 3.05) is 4.90 Å². The second-order valence-electron chi connectivity index (χ2n) is 6.88. The van der Waals surface area contributed by atoms with Crippen molar-refractivity contribution in [3.8, 4) is 11.5 Å². The number of phenolic OH excluding ortho intramolecular Hbond substituents is 1. The van der Waals surface area contributed by atoms with Gasteiger partial charge >= 0.3 is 0 Å². The molecule has 6 heteroatoms. The van der Waals surface area contributed by atoms with Gasteiger partial charge in [0.1, 0.15) is 18.1 Å². The molecule has 1 fully saturated rings. The number of amides is 2. The number of carbonyl (C=O) groups excluding carboxylic acids is 2. The van der Waals surface area contributed by atoms with Gasteiger partial charge in [-0.05, 0) is 60.2 Å². The Morgan fingerprint density at radius 3 is 2.43 bits per heavy atom. The molecule has 0 bridgehead atoms. The molecule has 3 aromatic rings. The molecule has 3 aromatic carbocycles. The molecule has 1 N–H and O–H groups in total. The van der Waals surface area contributed by atoms with E-state index in [1.807, 2.05) is 55.5 Å². The fourth-order valence-electron chi connectivity index (χ4n) is 2.99. The molecule has 1 heterocycles. The minimum Gasteiger partial charge on any atom is -0.508 e. The highest BCUT2D eigenvalue weighted by Crippen LogP contribution is 2.36. The summed E-state index contributed by atoms with van der Waals surface area (Å²) in [5.74, 6) is 0.313. The third-order valence-electron chi connectivity index (χ3n) is 4.59. The molecule has 0 radical (unpaired) electrons. The Balaban J connectivity index is 1.45. The van der Waals surface area contributed by atoms with Crippen LogP contribution in [0.25, 0.3) is 6.08 Å². The van der Waals surface area contributed by atoms with Gasteiger partial charge in [0.05, 0.1) is 10.6 Å². The molecule has 0 aromatic heterocycles. The van der Waals surface area contributed by atoms with Crippen LogP contribution in [0.1, 0.15) is 16.7 Å². The van der Waals surface area contributed by atoms with Crippen LogP contribution < -0.4 is 9.64 Å². The molecule has 150 valence electrons. The average molecular weight is 417 g/mol. The Hall–Kier alpha value is -3.51. The number of benzene rings is 3. The third-order valence-corrected chi connectivity index (χ3v) is 5.46. The normalized spacial score (nSPS) is 15.1. The number of anilines is 1. The van der Waals surface area contributed by atoms with Crippen LogP contribution >= 0.6 is 11.8 Å². The molecule has 0 aliphatic carbocycles. The van der Waals surface area contributed by atoms with Gasteiger partial charge < -0.3 is 9.84 Å². The van der Waals surface area contributed by atoms with E-state index < -0.39 is 11.1 Å². The van der Waals surface area contributed by atoms with E-state index in [2.05, 4.69) is 0 Å². The molecule has 0 atom stereocenters. The van der Waals surface area contributed by atoms with Crippen LogP contribution in [-0.4, -0.2) is 16.3 Å². The third kappa shape index (κ3) is 4.39. The van der Waals surface area contributed by atoms with E-state index in [1.165, 1.54) is 17.7 Å². The Labute approximate surface area is 178 Å². The number of ether oxygens (including phenoxy) is 1. The number of hydrogen-bond acceptors (Lipinski definition) is 5. The predicted octanol–water partition coefficient (Wildman–Crippen LogP) is 5.52. The molecule has 1 saturated heterocycles. The quantitative estimate of drug-likeness (QED) is 0.554. The highest BCUT2D eigenvalue weighted by molar-refractivity contribution is 8.19. The summed E-state index contributed by atoms with van der Waals surface area (Å²) in [4.78, 5) is 26.4. The second-order valence-corrected chi connectivity index (χ2v) is 7.87. The van der Waals surface area contributed by atoms with Crippen molar-refractivity contribution >= 4 is 34.7 Å². The molecular weight excluding hydrogens is 398 g/mol. The molecule has 1 aliphatic rings. The van der Waals surface area contributed by atoms with Crippen molar-refractivity contribution in [1.29, 1.82) is 0 Å². The molecule has 0 saturated carbocycles. The van der Waals surface area contributed by atoms with Crippen LogP contribution in [0, 0.1) is 6.92 Å². The number of aromatic hydroxyl groups is 1. The summed E-state index contributed by atoms with van der Waals surface area (Å²) < 4.78 is 5.80. The highest BCUT2D eigenvalue weighted by atomic mass is 32.2. The van der Waals surface area contributed by atoms with Gasteiger partial charge in [0.25, 0.3) is 11.1 Å². The lowest BCUT2D eigenvalue weighted by Gasteiger charge is -2.12. The highest BCUT2D eigenvalue weighted by Gasteiger charge is 2.36. The van der Waals surface area contributed by atoms with Crippen molar-refractivity contribution in [3.05, 3.63) is 94.4 Å². The summed E-state index contributed by atoms with van der Waals surface area (Å²) in [6.07, 6.45) is 1.68. The SMILES string of the molecule is Cc1ccc(COc2ccc(/C=C3\SC(=O)N(c4cccc(O)c4)C3=O)cc2)cc1. The van der Waals surface area contributed by atoms with Crippen LogP contribution in [0.15, 0.2) is 77.7 Å². The Morgan fingerprint density at radius 2 is 1.73 bits per heavy atom. The maximum absolute atomic E-state index is 12.7. The molecule has 0 spiro atoms. The van der Waals surface area contributed by atoms with Gasteiger partial charge in [0.15, 0.2) is 0 Å². The summed E-state index contributed by atoms with van der Waals surface area (Å²) in [6, 6.07) is 21.6. The Kier molecular flexibility index (Phi) is 5.59. The molecule has 2 amide bonds. The number of hydrogen-bond donors (Lipinski definition) is 1. The number of carbonyl (C=O) groups is 2. The number of rotatable bonds is 5. The number of thioether (sulfide) groups is 1. The zero-order valence-electron chi connectivity index (χ0n) is 16.2. The first-order valence-electron chi connectivity index (χ1n) is 9.35. The van der Waals surface area contributed by atoms with E-state index in [9.17, 15) is 14.7 Å². The summed E-state index contributed by atoms with van der Waals surface area (Å²) >= 11 is 0.876. The van der Waals surface area contributed by atoms with E-state index in [0.717, 1.165) is 33.5 Å². The maximum Gasteiger partial charge on any atom is 0.298 e. The van der Waals surface area contributed by atoms with E-state index >= 15 is 0 Å². The van der Waals surface area contributed by atoms with Crippen LogP contribution in [0.3, 0.4) is 0 Å². The smallest absolute Gasteiger partial charge is 0.298 e. The number of nitrogens with zero attached hydrogens (tertiary/aromatic N) is 1. The van der Waals surface area contributed by atoms with Gasteiger partial charge in [-0.3, -0.25) is 9.59 Å². The Morgan fingerprint density at radius 1 is 1.00 bits per heavy atom. The van der Waals surface area contributed by atoms with Gasteiger partial charge in [-0.1, -0.05) is 48.0 Å². The van der Waals surface area contributed by atoms with Crippen molar-refractivity contribution in [1.82, 2.24) is 0 Å². The van der Waals surface area contributed by atoms with Gasteiger partial charge in [-0.25, -0.2) is 4.90 Å². The van der Waals surface area contributed by atoms with Crippen molar-refractivity contribution in [2.45, 2.75) is 13.5 Å². The van der Waals surface area contributed by atoms with Crippen LogP contribution in [0.2, 0.25) is 0 Å². The molecule has 4 rings (SSSR count). The predicted molar refractivity (Wildman–Crippen MR) is 119 cm³/mol.